The van der Waals surface area contributed by atoms with Crippen molar-refractivity contribution in [3.8, 4) is 5.69 Å². The lowest BCUT2D eigenvalue weighted by Crippen LogP contribution is -3.08. The molecule has 2 N–H and O–H groups in total. The summed E-state index contributed by atoms with van der Waals surface area (Å²) in [6, 6.07) is 7.68. The SMILES string of the molecule is S=c1[nH]nc(C[NH+]2CCCC2)n1-c1ccc(Cl)cc1. The van der Waals surface area contributed by atoms with Gasteiger partial charge in [-0.15, -0.1) is 0 Å². The van der Waals surface area contributed by atoms with E-state index in [1.54, 1.807) is 4.90 Å². The van der Waals surface area contributed by atoms with Crippen molar-refractivity contribution < 1.29 is 4.90 Å². The van der Waals surface area contributed by atoms with Crippen molar-refractivity contribution in [2.24, 2.45) is 0 Å². The van der Waals surface area contributed by atoms with E-state index in [4.69, 9.17) is 23.8 Å². The molecule has 4 nitrogen and oxygen atoms in total. The van der Waals surface area contributed by atoms with Crippen LogP contribution in [-0.2, 0) is 6.54 Å². The zero-order valence-electron chi connectivity index (χ0n) is 10.5. The normalized spacial score (nSPS) is 16.1. The van der Waals surface area contributed by atoms with Crippen LogP contribution in [0.5, 0.6) is 0 Å². The van der Waals surface area contributed by atoms with Gasteiger partial charge in [-0.1, -0.05) is 11.6 Å². The van der Waals surface area contributed by atoms with Crippen molar-refractivity contribution in [3.05, 3.63) is 39.9 Å². The quantitative estimate of drug-likeness (QED) is 0.847. The molecule has 0 saturated carbocycles. The Morgan fingerprint density at radius 1 is 1.26 bits per heavy atom. The van der Waals surface area contributed by atoms with E-state index < -0.39 is 0 Å². The number of hydrogen-bond donors (Lipinski definition) is 2. The Morgan fingerprint density at radius 2 is 1.95 bits per heavy atom. The maximum Gasteiger partial charge on any atom is 0.200 e. The molecule has 19 heavy (non-hydrogen) atoms. The van der Waals surface area contributed by atoms with E-state index in [0.717, 1.165) is 23.1 Å². The highest BCUT2D eigenvalue weighted by molar-refractivity contribution is 7.71. The number of halogens is 1. The van der Waals surface area contributed by atoms with Gasteiger partial charge in [0.1, 0.15) is 6.54 Å². The van der Waals surface area contributed by atoms with Crippen LogP contribution in [0, 0.1) is 4.77 Å². The molecule has 100 valence electrons. The molecule has 0 amide bonds. The number of H-pyrrole nitrogens is 1. The third-order valence-electron chi connectivity index (χ3n) is 3.55. The second kappa shape index (κ2) is 5.45. The van der Waals surface area contributed by atoms with Crippen LogP contribution >= 0.6 is 23.8 Å². The van der Waals surface area contributed by atoms with Gasteiger partial charge in [-0.3, -0.25) is 9.67 Å². The van der Waals surface area contributed by atoms with Crippen LogP contribution in [0.15, 0.2) is 24.3 Å². The van der Waals surface area contributed by atoms with Gasteiger partial charge in [0.2, 0.25) is 0 Å². The molecule has 0 bridgehead atoms. The van der Waals surface area contributed by atoms with Crippen molar-refractivity contribution >= 4 is 23.8 Å². The lowest BCUT2D eigenvalue weighted by molar-refractivity contribution is -0.902. The predicted molar refractivity (Wildman–Crippen MR) is 77.4 cm³/mol. The highest BCUT2D eigenvalue weighted by Crippen LogP contribution is 2.15. The average molecular weight is 296 g/mol. The first-order valence-electron chi connectivity index (χ1n) is 6.50. The van der Waals surface area contributed by atoms with E-state index in [-0.39, 0.29) is 0 Å². The van der Waals surface area contributed by atoms with Crippen LogP contribution in [0.25, 0.3) is 5.69 Å². The topological polar surface area (TPSA) is 38.0 Å². The van der Waals surface area contributed by atoms with Crippen LogP contribution in [0.3, 0.4) is 0 Å². The molecule has 1 aliphatic heterocycles. The number of nitrogens with zero attached hydrogens (tertiary/aromatic N) is 2. The molecule has 1 saturated heterocycles. The molecule has 3 rings (SSSR count). The van der Waals surface area contributed by atoms with Gasteiger partial charge in [0, 0.05) is 23.6 Å². The van der Waals surface area contributed by atoms with Crippen LogP contribution in [0.4, 0.5) is 0 Å². The van der Waals surface area contributed by atoms with Crippen LogP contribution in [0.2, 0.25) is 5.02 Å². The first-order valence-corrected chi connectivity index (χ1v) is 7.28. The summed E-state index contributed by atoms with van der Waals surface area (Å²) >= 11 is 11.3. The minimum Gasteiger partial charge on any atom is -0.329 e. The lowest BCUT2D eigenvalue weighted by atomic mass is 10.3. The molecule has 0 radical (unpaired) electrons. The number of likely N-dealkylation sites (tertiary alicyclic amines) is 1. The number of hydrogen-bond acceptors (Lipinski definition) is 2. The molecule has 1 aliphatic rings. The van der Waals surface area contributed by atoms with Gasteiger partial charge < -0.3 is 4.90 Å². The number of aromatic nitrogens is 3. The summed E-state index contributed by atoms with van der Waals surface area (Å²) in [6.45, 7) is 3.36. The summed E-state index contributed by atoms with van der Waals surface area (Å²) in [6.07, 6.45) is 2.61. The van der Waals surface area contributed by atoms with Crippen molar-refractivity contribution in [1.29, 1.82) is 0 Å². The average Bonchev–Trinajstić information content (AvgIpc) is 3.02. The maximum absolute atomic E-state index is 5.93. The Kier molecular flexibility index (Phi) is 3.68. The number of quaternary nitrogens is 1. The first-order chi connectivity index (χ1) is 9.24. The van der Waals surface area contributed by atoms with E-state index in [1.165, 1.54) is 25.9 Å². The van der Waals surface area contributed by atoms with Gasteiger partial charge in [0.05, 0.1) is 13.1 Å². The predicted octanol–water partition coefficient (Wildman–Crippen LogP) is 1.76. The number of benzene rings is 1. The van der Waals surface area contributed by atoms with Gasteiger partial charge in [-0.25, -0.2) is 0 Å². The highest BCUT2D eigenvalue weighted by Gasteiger charge is 2.19. The van der Waals surface area contributed by atoms with E-state index in [1.807, 2.05) is 28.8 Å². The van der Waals surface area contributed by atoms with Gasteiger partial charge in [0.25, 0.3) is 0 Å². The van der Waals surface area contributed by atoms with Gasteiger partial charge in [-0.05, 0) is 36.5 Å². The molecule has 1 aromatic carbocycles. The highest BCUT2D eigenvalue weighted by atomic mass is 35.5. The molecule has 0 atom stereocenters. The maximum atomic E-state index is 5.93. The minimum absolute atomic E-state index is 0.635. The molecular weight excluding hydrogens is 280 g/mol. The van der Waals surface area contributed by atoms with E-state index in [0.29, 0.717) is 4.77 Å². The number of nitrogens with one attached hydrogen (secondary N) is 2. The molecule has 6 heteroatoms. The fraction of sp³-hybridized carbons (Fsp3) is 0.385. The van der Waals surface area contributed by atoms with Gasteiger partial charge in [-0.2, -0.15) is 5.10 Å². The second-order valence-corrected chi connectivity index (χ2v) is 5.71. The Hall–Kier alpha value is -1.17. The van der Waals surface area contributed by atoms with Crippen molar-refractivity contribution in [1.82, 2.24) is 14.8 Å². The Morgan fingerprint density at radius 3 is 2.63 bits per heavy atom. The molecule has 1 aromatic heterocycles. The number of rotatable bonds is 3. The van der Waals surface area contributed by atoms with Crippen molar-refractivity contribution in [2.45, 2.75) is 19.4 Å². The Bertz CT molecular complexity index is 610. The molecule has 0 aliphatic carbocycles. The molecule has 2 aromatic rings. The smallest absolute Gasteiger partial charge is 0.200 e. The van der Waals surface area contributed by atoms with E-state index >= 15 is 0 Å². The molecule has 1 fully saturated rings. The summed E-state index contributed by atoms with van der Waals surface area (Å²) in [4.78, 5) is 1.57. The monoisotopic (exact) mass is 295 g/mol. The summed E-state index contributed by atoms with van der Waals surface area (Å²) in [5, 5.41) is 7.99. The standard InChI is InChI=1S/C13H15ClN4S/c14-10-3-5-11(6-4-10)18-12(15-16-13(18)19)9-17-7-1-2-8-17/h3-6H,1-2,7-9H2,(H,16,19)/p+1. The second-order valence-electron chi connectivity index (χ2n) is 4.89. The summed E-state index contributed by atoms with van der Waals surface area (Å²) in [5.41, 5.74) is 1.01. The Labute approximate surface area is 122 Å². The molecular formula is C13H16ClN4S+. The van der Waals surface area contributed by atoms with Crippen LogP contribution < -0.4 is 4.90 Å². The fourth-order valence-corrected chi connectivity index (χ4v) is 2.96. The fourth-order valence-electron chi connectivity index (χ4n) is 2.58. The van der Waals surface area contributed by atoms with E-state index in [9.17, 15) is 0 Å². The van der Waals surface area contributed by atoms with Crippen LogP contribution in [0.1, 0.15) is 18.7 Å². The minimum atomic E-state index is 0.635. The van der Waals surface area contributed by atoms with E-state index in [2.05, 4.69) is 10.2 Å². The zero-order chi connectivity index (χ0) is 13.2. The van der Waals surface area contributed by atoms with Crippen LogP contribution in [-0.4, -0.2) is 27.9 Å². The van der Waals surface area contributed by atoms with Gasteiger partial charge in [0.15, 0.2) is 10.6 Å². The summed E-state index contributed by atoms with van der Waals surface area (Å²) in [5.74, 6) is 0.990. The third-order valence-corrected chi connectivity index (χ3v) is 4.07. The molecule has 2 heterocycles. The Balaban J connectivity index is 1.93. The molecule has 0 spiro atoms. The molecule has 0 unspecified atom stereocenters. The largest absolute Gasteiger partial charge is 0.329 e. The summed E-state index contributed by atoms with van der Waals surface area (Å²) in [7, 11) is 0. The number of aromatic amines is 1. The van der Waals surface area contributed by atoms with Crippen molar-refractivity contribution in [2.75, 3.05) is 13.1 Å². The summed E-state index contributed by atoms with van der Waals surface area (Å²) < 4.78 is 2.63. The first kappa shape index (κ1) is 12.8. The zero-order valence-corrected chi connectivity index (χ0v) is 12.1. The van der Waals surface area contributed by atoms with Gasteiger partial charge >= 0.3 is 0 Å². The lowest BCUT2D eigenvalue weighted by Gasteiger charge is -2.12. The third kappa shape index (κ3) is 2.73. The van der Waals surface area contributed by atoms with Crippen molar-refractivity contribution in [3.63, 3.8) is 0 Å².